The number of hydrogen-bond donors (Lipinski definition) is 1. The predicted octanol–water partition coefficient (Wildman–Crippen LogP) is 4.60. The highest BCUT2D eigenvalue weighted by Gasteiger charge is 2.45. The smallest absolute Gasteiger partial charge is 0.113 e. The summed E-state index contributed by atoms with van der Waals surface area (Å²) in [6.07, 6.45) is 7.95. The highest BCUT2D eigenvalue weighted by molar-refractivity contribution is 7.09. The molecule has 1 aromatic rings. The van der Waals surface area contributed by atoms with Gasteiger partial charge in [-0.1, -0.05) is 34.1 Å². The fourth-order valence-electron chi connectivity index (χ4n) is 3.34. The summed E-state index contributed by atoms with van der Waals surface area (Å²) in [6.45, 7) is 9.11. The van der Waals surface area contributed by atoms with Crippen LogP contribution in [0.4, 0.5) is 0 Å². The van der Waals surface area contributed by atoms with Crippen LogP contribution in [0.1, 0.15) is 76.9 Å². The number of aromatic nitrogens is 1. The highest BCUT2D eigenvalue weighted by atomic mass is 32.1. The Hall–Kier alpha value is -0.410. The van der Waals surface area contributed by atoms with Gasteiger partial charge >= 0.3 is 0 Å². The van der Waals surface area contributed by atoms with Crippen LogP contribution in [0, 0.1) is 5.92 Å². The van der Waals surface area contributed by atoms with E-state index >= 15 is 0 Å². The molecular formula is C17H28N2S. The van der Waals surface area contributed by atoms with Gasteiger partial charge in [0.25, 0.3) is 0 Å². The van der Waals surface area contributed by atoms with E-state index in [-0.39, 0.29) is 11.0 Å². The Morgan fingerprint density at radius 3 is 2.60 bits per heavy atom. The summed E-state index contributed by atoms with van der Waals surface area (Å²) >= 11 is 1.88. The summed E-state index contributed by atoms with van der Waals surface area (Å²) in [5.74, 6) is 0.878. The Kier molecular flexibility index (Phi) is 3.70. The van der Waals surface area contributed by atoms with Crippen LogP contribution in [-0.4, -0.2) is 11.0 Å². The monoisotopic (exact) mass is 292 g/mol. The lowest BCUT2D eigenvalue weighted by Crippen LogP contribution is -2.41. The number of thiazole rings is 1. The molecular weight excluding hydrogens is 264 g/mol. The second kappa shape index (κ2) is 5.10. The summed E-state index contributed by atoms with van der Waals surface area (Å²) in [5, 5.41) is 7.59. The number of nitrogens with one attached hydrogen (secondary N) is 1. The maximum Gasteiger partial charge on any atom is 0.113 e. The van der Waals surface area contributed by atoms with E-state index in [1.807, 2.05) is 11.3 Å². The molecule has 2 aliphatic rings. The molecule has 3 rings (SSSR count). The van der Waals surface area contributed by atoms with Crippen LogP contribution in [0.25, 0.3) is 0 Å². The molecule has 1 heterocycles. The second-order valence-electron chi connectivity index (χ2n) is 7.81. The Bertz CT molecular complexity index is 470. The first kappa shape index (κ1) is 14.5. The van der Waals surface area contributed by atoms with Crippen molar-refractivity contribution in [2.45, 2.75) is 83.2 Å². The first-order chi connectivity index (χ1) is 9.43. The van der Waals surface area contributed by atoms with Gasteiger partial charge in [-0.3, -0.25) is 0 Å². The first-order valence-corrected chi connectivity index (χ1v) is 9.05. The summed E-state index contributed by atoms with van der Waals surface area (Å²) in [5.41, 5.74) is 1.61. The summed E-state index contributed by atoms with van der Waals surface area (Å²) in [4.78, 5) is 5.04. The standard InChI is InChI=1S/C17H28N2S/c1-5-12-8-9-17(10-12,19-13-6-7-13)15-18-14(11-20-15)16(2,3)4/h11-13,19H,5-10H2,1-4H3. The van der Waals surface area contributed by atoms with E-state index in [1.54, 1.807) is 0 Å². The minimum atomic E-state index is 0.165. The average molecular weight is 292 g/mol. The summed E-state index contributed by atoms with van der Waals surface area (Å²) in [6, 6.07) is 0.757. The molecule has 2 saturated carbocycles. The molecule has 0 aliphatic heterocycles. The Balaban J connectivity index is 1.87. The lowest BCUT2D eigenvalue weighted by molar-refractivity contribution is 0.319. The van der Waals surface area contributed by atoms with Gasteiger partial charge in [-0.15, -0.1) is 11.3 Å². The van der Waals surface area contributed by atoms with Gasteiger partial charge in [-0.05, 0) is 38.0 Å². The van der Waals surface area contributed by atoms with E-state index in [1.165, 1.54) is 49.2 Å². The number of hydrogen-bond acceptors (Lipinski definition) is 3. The Labute approximate surface area is 127 Å². The Morgan fingerprint density at radius 2 is 2.10 bits per heavy atom. The molecule has 0 spiro atoms. The minimum Gasteiger partial charge on any atom is -0.303 e. The molecule has 0 radical (unpaired) electrons. The fourth-order valence-corrected chi connectivity index (χ4v) is 4.59. The largest absolute Gasteiger partial charge is 0.303 e. The van der Waals surface area contributed by atoms with Crippen LogP contribution in [0.2, 0.25) is 0 Å². The second-order valence-corrected chi connectivity index (χ2v) is 8.66. The highest BCUT2D eigenvalue weighted by Crippen LogP contribution is 2.46. The van der Waals surface area contributed by atoms with Crippen molar-refractivity contribution in [1.82, 2.24) is 10.3 Å². The van der Waals surface area contributed by atoms with Crippen LogP contribution in [0.15, 0.2) is 5.38 Å². The molecule has 0 aromatic carbocycles. The van der Waals surface area contributed by atoms with E-state index in [2.05, 4.69) is 38.4 Å². The topological polar surface area (TPSA) is 24.9 Å². The van der Waals surface area contributed by atoms with Crippen LogP contribution >= 0.6 is 11.3 Å². The normalized spacial score (nSPS) is 30.9. The Morgan fingerprint density at radius 1 is 1.35 bits per heavy atom. The van der Waals surface area contributed by atoms with E-state index in [0.717, 1.165) is 12.0 Å². The molecule has 1 N–H and O–H groups in total. The van der Waals surface area contributed by atoms with Gasteiger partial charge in [0.15, 0.2) is 0 Å². The number of nitrogens with zero attached hydrogens (tertiary/aromatic N) is 1. The minimum absolute atomic E-state index is 0.165. The molecule has 0 bridgehead atoms. The third-order valence-corrected chi connectivity index (χ3v) is 5.98. The zero-order valence-corrected chi connectivity index (χ0v) is 14.1. The predicted molar refractivity (Wildman–Crippen MR) is 86.3 cm³/mol. The molecule has 20 heavy (non-hydrogen) atoms. The van der Waals surface area contributed by atoms with Crippen molar-refractivity contribution < 1.29 is 0 Å². The van der Waals surface area contributed by atoms with E-state index in [0.29, 0.717) is 0 Å². The molecule has 3 heteroatoms. The van der Waals surface area contributed by atoms with E-state index in [9.17, 15) is 0 Å². The van der Waals surface area contributed by atoms with Crippen molar-refractivity contribution in [2.24, 2.45) is 5.92 Å². The maximum atomic E-state index is 5.04. The molecule has 0 saturated heterocycles. The lowest BCUT2D eigenvalue weighted by atomic mass is 9.92. The molecule has 0 amide bonds. The van der Waals surface area contributed by atoms with Crippen molar-refractivity contribution in [3.8, 4) is 0 Å². The van der Waals surface area contributed by atoms with Crippen LogP contribution in [0.5, 0.6) is 0 Å². The average Bonchev–Trinajstić information content (AvgIpc) is 2.92. The quantitative estimate of drug-likeness (QED) is 0.877. The van der Waals surface area contributed by atoms with Gasteiger partial charge in [0.05, 0.1) is 11.2 Å². The van der Waals surface area contributed by atoms with Gasteiger partial charge in [-0.2, -0.15) is 0 Å². The molecule has 2 atom stereocenters. The van der Waals surface area contributed by atoms with Crippen molar-refractivity contribution in [3.05, 3.63) is 16.1 Å². The molecule has 112 valence electrons. The van der Waals surface area contributed by atoms with Gasteiger partial charge in [-0.25, -0.2) is 4.98 Å². The van der Waals surface area contributed by atoms with Crippen LogP contribution in [-0.2, 0) is 11.0 Å². The zero-order valence-electron chi connectivity index (χ0n) is 13.3. The third-order valence-electron chi connectivity index (χ3n) is 4.93. The molecule has 2 aliphatic carbocycles. The zero-order chi connectivity index (χ0) is 14.4. The van der Waals surface area contributed by atoms with Gasteiger partial charge in [0.1, 0.15) is 5.01 Å². The lowest BCUT2D eigenvalue weighted by Gasteiger charge is -2.29. The molecule has 1 aromatic heterocycles. The van der Waals surface area contributed by atoms with Crippen molar-refractivity contribution in [3.63, 3.8) is 0 Å². The molecule has 2 unspecified atom stereocenters. The van der Waals surface area contributed by atoms with E-state index in [4.69, 9.17) is 4.98 Å². The fraction of sp³-hybridized carbons (Fsp3) is 0.824. The molecule has 2 nitrogen and oxygen atoms in total. The van der Waals surface area contributed by atoms with Crippen LogP contribution in [0.3, 0.4) is 0 Å². The van der Waals surface area contributed by atoms with Crippen molar-refractivity contribution >= 4 is 11.3 Å². The van der Waals surface area contributed by atoms with Crippen LogP contribution < -0.4 is 5.32 Å². The van der Waals surface area contributed by atoms with Gasteiger partial charge in [0.2, 0.25) is 0 Å². The summed E-state index contributed by atoms with van der Waals surface area (Å²) < 4.78 is 0. The first-order valence-electron chi connectivity index (χ1n) is 8.17. The van der Waals surface area contributed by atoms with Gasteiger partial charge < -0.3 is 5.32 Å². The molecule has 2 fully saturated rings. The van der Waals surface area contributed by atoms with Crippen molar-refractivity contribution in [1.29, 1.82) is 0 Å². The maximum absolute atomic E-state index is 5.04. The van der Waals surface area contributed by atoms with Crippen molar-refractivity contribution in [2.75, 3.05) is 0 Å². The van der Waals surface area contributed by atoms with E-state index < -0.39 is 0 Å². The summed E-state index contributed by atoms with van der Waals surface area (Å²) in [7, 11) is 0. The number of rotatable bonds is 4. The SMILES string of the molecule is CCC1CCC(NC2CC2)(c2nc(C(C)(C)C)cs2)C1. The van der Waals surface area contributed by atoms with Gasteiger partial charge in [0, 0.05) is 16.8 Å². The third kappa shape index (κ3) is 2.80.